The zero-order valence-corrected chi connectivity index (χ0v) is 12.3. The number of hydrogen-bond donors (Lipinski definition) is 1. The Hall–Kier alpha value is -1.88. The van der Waals surface area contributed by atoms with Crippen molar-refractivity contribution < 1.29 is 4.74 Å². The summed E-state index contributed by atoms with van der Waals surface area (Å²) in [5.74, 6) is 0.849. The molecule has 0 atom stereocenters. The van der Waals surface area contributed by atoms with Crippen molar-refractivity contribution in [2.75, 3.05) is 0 Å². The van der Waals surface area contributed by atoms with Gasteiger partial charge in [-0.25, -0.2) is 4.68 Å². The van der Waals surface area contributed by atoms with Crippen molar-refractivity contribution in [3.8, 4) is 5.75 Å². The summed E-state index contributed by atoms with van der Waals surface area (Å²) in [5.41, 5.74) is 8.74. The first-order chi connectivity index (χ1) is 9.65. The van der Waals surface area contributed by atoms with E-state index in [2.05, 4.69) is 43.2 Å². The van der Waals surface area contributed by atoms with Crippen molar-refractivity contribution in [3.05, 3.63) is 41.2 Å². The largest absolute Gasteiger partial charge is 0.487 e. The summed E-state index contributed by atoms with van der Waals surface area (Å²) >= 11 is 0. The summed E-state index contributed by atoms with van der Waals surface area (Å²) < 4.78 is 7.69. The molecule has 5 heteroatoms. The van der Waals surface area contributed by atoms with Gasteiger partial charge in [0.05, 0.1) is 0 Å². The quantitative estimate of drug-likeness (QED) is 0.878. The predicted octanol–water partition coefficient (Wildman–Crippen LogP) is 2.46. The molecule has 0 saturated heterocycles. The van der Waals surface area contributed by atoms with Gasteiger partial charge >= 0.3 is 0 Å². The number of hydrogen-bond acceptors (Lipinski definition) is 4. The van der Waals surface area contributed by atoms with E-state index in [-0.39, 0.29) is 6.04 Å². The van der Waals surface area contributed by atoms with Gasteiger partial charge in [0.25, 0.3) is 0 Å². The standard InChI is InChI=1S/C15H22N4O/c1-4-12-5-7-13(8-6-12)20-10-15-14(9-16)17-18-19(15)11(2)3/h5-8,11H,4,9-10,16H2,1-3H3. The summed E-state index contributed by atoms with van der Waals surface area (Å²) in [6.07, 6.45) is 1.03. The molecule has 0 aliphatic carbocycles. The van der Waals surface area contributed by atoms with E-state index in [0.717, 1.165) is 23.6 Å². The highest BCUT2D eigenvalue weighted by molar-refractivity contribution is 5.27. The molecule has 0 aliphatic heterocycles. The van der Waals surface area contributed by atoms with Crippen LogP contribution in [-0.2, 0) is 19.6 Å². The molecule has 0 fully saturated rings. The van der Waals surface area contributed by atoms with Crippen LogP contribution in [0.2, 0.25) is 0 Å². The van der Waals surface area contributed by atoms with E-state index in [4.69, 9.17) is 10.5 Å². The smallest absolute Gasteiger partial charge is 0.132 e. The molecule has 1 heterocycles. The molecule has 1 aromatic heterocycles. The second-order valence-electron chi connectivity index (χ2n) is 5.01. The number of nitrogens with zero attached hydrogens (tertiary/aromatic N) is 3. The molecule has 20 heavy (non-hydrogen) atoms. The Morgan fingerprint density at radius 1 is 1.25 bits per heavy atom. The van der Waals surface area contributed by atoms with Crippen molar-refractivity contribution in [3.63, 3.8) is 0 Å². The van der Waals surface area contributed by atoms with E-state index in [1.807, 2.05) is 16.8 Å². The Labute approximate surface area is 119 Å². The molecule has 0 spiro atoms. The van der Waals surface area contributed by atoms with Crippen LogP contribution >= 0.6 is 0 Å². The second-order valence-corrected chi connectivity index (χ2v) is 5.01. The zero-order valence-electron chi connectivity index (χ0n) is 12.3. The van der Waals surface area contributed by atoms with Crippen LogP contribution in [0.1, 0.15) is 43.8 Å². The lowest BCUT2D eigenvalue weighted by atomic mass is 10.2. The zero-order chi connectivity index (χ0) is 14.5. The molecule has 0 saturated carbocycles. The summed E-state index contributed by atoms with van der Waals surface area (Å²) in [7, 11) is 0. The molecule has 0 bridgehead atoms. The summed E-state index contributed by atoms with van der Waals surface area (Å²) in [5, 5.41) is 8.24. The van der Waals surface area contributed by atoms with E-state index in [1.165, 1.54) is 5.56 Å². The van der Waals surface area contributed by atoms with Crippen molar-refractivity contribution in [2.24, 2.45) is 5.73 Å². The van der Waals surface area contributed by atoms with Gasteiger partial charge in [0, 0.05) is 12.6 Å². The van der Waals surface area contributed by atoms with Crippen molar-refractivity contribution in [1.29, 1.82) is 0 Å². The van der Waals surface area contributed by atoms with Gasteiger partial charge in [-0.15, -0.1) is 5.10 Å². The van der Waals surface area contributed by atoms with Crippen LogP contribution in [0, 0.1) is 0 Å². The van der Waals surface area contributed by atoms with Crippen LogP contribution < -0.4 is 10.5 Å². The number of ether oxygens (including phenoxy) is 1. The van der Waals surface area contributed by atoms with Crippen LogP contribution in [0.4, 0.5) is 0 Å². The Bertz CT molecular complexity index is 546. The van der Waals surface area contributed by atoms with E-state index >= 15 is 0 Å². The molecule has 5 nitrogen and oxygen atoms in total. The Kier molecular flexibility index (Phi) is 4.74. The van der Waals surface area contributed by atoms with E-state index in [0.29, 0.717) is 13.2 Å². The first-order valence-electron chi connectivity index (χ1n) is 7.00. The van der Waals surface area contributed by atoms with Gasteiger partial charge in [0.1, 0.15) is 23.7 Å². The molecule has 0 aliphatic rings. The monoisotopic (exact) mass is 274 g/mol. The van der Waals surface area contributed by atoms with Crippen LogP contribution in [0.5, 0.6) is 5.75 Å². The third-order valence-corrected chi connectivity index (χ3v) is 3.26. The predicted molar refractivity (Wildman–Crippen MR) is 78.5 cm³/mol. The molecule has 1 aromatic carbocycles. The third kappa shape index (κ3) is 3.17. The van der Waals surface area contributed by atoms with Crippen molar-refractivity contribution in [1.82, 2.24) is 15.0 Å². The van der Waals surface area contributed by atoms with Gasteiger partial charge in [0.15, 0.2) is 0 Å². The molecule has 0 radical (unpaired) electrons. The number of aromatic nitrogens is 3. The third-order valence-electron chi connectivity index (χ3n) is 3.26. The average Bonchev–Trinajstić information content (AvgIpc) is 2.88. The lowest BCUT2D eigenvalue weighted by Crippen LogP contribution is -2.12. The summed E-state index contributed by atoms with van der Waals surface area (Å²) in [6, 6.07) is 8.38. The SMILES string of the molecule is CCc1ccc(OCc2c(CN)nnn2C(C)C)cc1. The second kappa shape index (κ2) is 6.52. The Balaban J connectivity index is 2.11. The van der Waals surface area contributed by atoms with Gasteiger partial charge in [-0.3, -0.25) is 0 Å². The Morgan fingerprint density at radius 3 is 2.50 bits per heavy atom. The summed E-state index contributed by atoms with van der Waals surface area (Å²) in [6.45, 7) is 7.07. The first kappa shape index (κ1) is 14.5. The van der Waals surface area contributed by atoms with Crippen LogP contribution in [0.3, 0.4) is 0 Å². The minimum absolute atomic E-state index is 0.240. The van der Waals surface area contributed by atoms with E-state index in [1.54, 1.807) is 0 Å². The normalized spacial score (nSPS) is 11.1. The van der Waals surface area contributed by atoms with Crippen LogP contribution in [-0.4, -0.2) is 15.0 Å². The topological polar surface area (TPSA) is 66.0 Å². The van der Waals surface area contributed by atoms with E-state index < -0.39 is 0 Å². The minimum Gasteiger partial charge on any atom is -0.487 e. The molecule has 0 unspecified atom stereocenters. The highest BCUT2D eigenvalue weighted by Crippen LogP contribution is 2.17. The fourth-order valence-corrected chi connectivity index (χ4v) is 2.04. The fourth-order valence-electron chi connectivity index (χ4n) is 2.04. The van der Waals surface area contributed by atoms with Crippen molar-refractivity contribution in [2.45, 2.75) is 46.4 Å². The molecule has 108 valence electrons. The van der Waals surface area contributed by atoms with Crippen LogP contribution in [0.25, 0.3) is 0 Å². The molecular formula is C15H22N4O. The fraction of sp³-hybridized carbons (Fsp3) is 0.467. The maximum Gasteiger partial charge on any atom is 0.132 e. The maximum absolute atomic E-state index is 5.83. The average molecular weight is 274 g/mol. The first-order valence-corrected chi connectivity index (χ1v) is 7.00. The highest BCUT2D eigenvalue weighted by Gasteiger charge is 2.14. The number of aryl methyl sites for hydroxylation is 1. The van der Waals surface area contributed by atoms with E-state index in [9.17, 15) is 0 Å². The number of rotatable bonds is 6. The molecule has 2 N–H and O–H groups in total. The molecule has 0 amide bonds. The van der Waals surface area contributed by atoms with Crippen LogP contribution in [0.15, 0.2) is 24.3 Å². The van der Waals surface area contributed by atoms with Crippen molar-refractivity contribution >= 4 is 0 Å². The number of benzene rings is 1. The van der Waals surface area contributed by atoms with Gasteiger partial charge in [-0.1, -0.05) is 24.3 Å². The molecule has 2 aromatic rings. The minimum atomic E-state index is 0.240. The maximum atomic E-state index is 5.83. The lowest BCUT2D eigenvalue weighted by molar-refractivity contribution is 0.286. The highest BCUT2D eigenvalue weighted by atomic mass is 16.5. The van der Waals surface area contributed by atoms with Gasteiger partial charge < -0.3 is 10.5 Å². The number of nitrogens with two attached hydrogens (primary N) is 1. The van der Waals surface area contributed by atoms with Gasteiger partial charge in [-0.05, 0) is 38.0 Å². The van der Waals surface area contributed by atoms with Gasteiger partial charge in [0.2, 0.25) is 0 Å². The lowest BCUT2D eigenvalue weighted by Gasteiger charge is -2.12. The molecular weight excluding hydrogens is 252 g/mol. The Morgan fingerprint density at radius 2 is 1.95 bits per heavy atom. The van der Waals surface area contributed by atoms with Gasteiger partial charge in [-0.2, -0.15) is 0 Å². The molecule has 2 rings (SSSR count). The summed E-state index contributed by atoms with van der Waals surface area (Å²) in [4.78, 5) is 0.